The number of carbonyl (C=O) groups is 2. The molecule has 2 heterocycles. The first-order chi connectivity index (χ1) is 11.9. The molecule has 1 atom stereocenters. The molecule has 0 aromatic heterocycles. The van der Waals surface area contributed by atoms with E-state index >= 15 is 0 Å². The summed E-state index contributed by atoms with van der Waals surface area (Å²) in [5.41, 5.74) is 0.0269. The molecule has 0 radical (unpaired) electrons. The summed E-state index contributed by atoms with van der Waals surface area (Å²) < 4.78 is 5.78. The number of carbonyl (C=O) groups excluding carboxylic acids is 2. The summed E-state index contributed by atoms with van der Waals surface area (Å²) in [6, 6.07) is 0. The fourth-order valence-electron chi connectivity index (χ4n) is 5.22. The van der Waals surface area contributed by atoms with E-state index in [2.05, 4.69) is 13.8 Å². The molecule has 2 aliphatic heterocycles. The van der Waals surface area contributed by atoms with Gasteiger partial charge in [-0.15, -0.1) is 0 Å². The van der Waals surface area contributed by atoms with E-state index in [1.807, 2.05) is 9.80 Å². The molecule has 0 aromatic rings. The molecule has 4 fully saturated rings. The number of rotatable bonds is 4. The molecule has 0 bridgehead atoms. The molecular formula is C20H32N2O3. The monoisotopic (exact) mass is 348 g/mol. The Morgan fingerprint density at radius 3 is 2.52 bits per heavy atom. The Morgan fingerprint density at radius 2 is 1.88 bits per heavy atom. The standard InChI is InChI=1S/C20H32N2O3/c1-15(2)5-10-22-14-20(25-18(22)24)8-11-21(12-9-20)17(23)16-13-19(16)6-3-4-7-19/h15-16H,3-14H2,1-2H3/t16-/m1/s1. The van der Waals surface area contributed by atoms with Gasteiger partial charge in [-0.25, -0.2) is 4.79 Å². The molecule has 2 saturated carbocycles. The van der Waals surface area contributed by atoms with Crippen LogP contribution in [0.3, 0.4) is 0 Å². The lowest BCUT2D eigenvalue weighted by Gasteiger charge is -2.37. The van der Waals surface area contributed by atoms with Crippen LogP contribution in [0.2, 0.25) is 0 Å². The molecule has 5 heteroatoms. The highest BCUT2D eigenvalue weighted by atomic mass is 16.6. The van der Waals surface area contributed by atoms with E-state index in [4.69, 9.17) is 4.74 Å². The van der Waals surface area contributed by atoms with Crippen LogP contribution in [0, 0.1) is 17.3 Å². The zero-order valence-electron chi connectivity index (χ0n) is 15.8. The Morgan fingerprint density at radius 1 is 1.20 bits per heavy atom. The molecule has 5 nitrogen and oxygen atoms in total. The number of ether oxygens (including phenoxy) is 1. The van der Waals surface area contributed by atoms with E-state index < -0.39 is 0 Å². The quantitative estimate of drug-likeness (QED) is 0.782. The lowest BCUT2D eigenvalue weighted by molar-refractivity contribution is -0.136. The maximum atomic E-state index is 12.8. The zero-order valence-corrected chi connectivity index (χ0v) is 15.8. The third-order valence-corrected chi connectivity index (χ3v) is 7.09. The van der Waals surface area contributed by atoms with Crippen LogP contribution in [0.25, 0.3) is 0 Å². The Bertz CT molecular complexity index is 545. The van der Waals surface area contributed by atoms with Crippen LogP contribution in [0.15, 0.2) is 0 Å². The largest absolute Gasteiger partial charge is 0.441 e. The van der Waals surface area contributed by atoms with Crippen LogP contribution in [0.1, 0.15) is 65.2 Å². The van der Waals surface area contributed by atoms with Crippen molar-refractivity contribution in [2.45, 2.75) is 70.8 Å². The fraction of sp³-hybridized carbons (Fsp3) is 0.900. The highest BCUT2D eigenvalue weighted by Gasteiger charge is 2.60. The summed E-state index contributed by atoms with van der Waals surface area (Å²) in [5.74, 6) is 1.25. The van der Waals surface area contributed by atoms with Gasteiger partial charge in [0.2, 0.25) is 5.91 Å². The molecule has 4 rings (SSSR count). The van der Waals surface area contributed by atoms with Crippen molar-refractivity contribution in [3.05, 3.63) is 0 Å². The van der Waals surface area contributed by atoms with Gasteiger partial charge < -0.3 is 14.5 Å². The molecule has 0 unspecified atom stereocenters. The summed E-state index contributed by atoms with van der Waals surface area (Å²) in [6.45, 7) is 7.33. The van der Waals surface area contributed by atoms with Crippen LogP contribution >= 0.6 is 0 Å². The van der Waals surface area contributed by atoms with E-state index in [1.54, 1.807) is 0 Å². The number of piperidine rings is 1. The van der Waals surface area contributed by atoms with Gasteiger partial charge in [-0.05, 0) is 37.0 Å². The van der Waals surface area contributed by atoms with Crippen molar-refractivity contribution >= 4 is 12.0 Å². The average molecular weight is 348 g/mol. The van der Waals surface area contributed by atoms with E-state index in [-0.39, 0.29) is 17.6 Å². The highest BCUT2D eigenvalue weighted by Crippen LogP contribution is 2.63. The smallest absolute Gasteiger partial charge is 0.410 e. The van der Waals surface area contributed by atoms with Crippen molar-refractivity contribution in [1.29, 1.82) is 0 Å². The Hall–Kier alpha value is -1.26. The average Bonchev–Trinajstić information content (AvgIpc) is 2.91. The molecule has 2 aliphatic carbocycles. The predicted molar refractivity (Wildman–Crippen MR) is 95.1 cm³/mol. The summed E-state index contributed by atoms with van der Waals surface area (Å²) in [4.78, 5) is 28.9. The molecular weight excluding hydrogens is 316 g/mol. The fourth-order valence-corrected chi connectivity index (χ4v) is 5.22. The Balaban J connectivity index is 1.30. The third kappa shape index (κ3) is 3.15. The van der Waals surface area contributed by atoms with Crippen LogP contribution in [-0.4, -0.2) is 53.6 Å². The van der Waals surface area contributed by atoms with Crippen molar-refractivity contribution in [2.24, 2.45) is 17.3 Å². The molecule has 25 heavy (non-hydrogen) atoms. The summed E-state index contributed by atoms with van der Waals surface area (Å²) in [6.07, 6.45) is 8.67. The number of amides is 2. The number of likely N-dealkylation sites (tertiary alicyclic amines) is 1. The van der Waals surface area contributed by atoms with Gasteiger partial charge in [-0.2, -0.15) is 0 Å². The Kier molecular flexibility index (Phi) is 4.24. The number of nitrogens with zero attached hydrogens (tertiary/aromatic N) is 2. The van der Waals surface area contributed by atoms with Gasteiger partial charge in [0.1, 0.15) is 5.60 Å². The second-order valence-electron chi connectivity index (χ2n) is 9.31. The van der Waals surface area contributed by atoms with Gasteiger partial charge in [0.15, 0.2) is 0 Å². The number of hydrogen-bond acceptors (Lipinski definition) is 3. The molecule has 0 aromatic carbocycles. The van der Waals surface area contributed by atoms with Crippen molar-refractivity contribution in [3.63, 3.8) is 0 Å². The number of hydrogen-bond donors (Lipinski definition) is 0. The van der Waals surface area contributed by atoms with E-state index in [0.717, 1.165) is 45.3 Å². The Labute approximate surface area is 151 Å². The zero-order chi connectivity index (χ0) is 17.7. The summed E-state index contributed by atoms with van der Waals surface area (Å²) in [7, 11) is 0. The van der Waals surface area contributed by atoms with Gasteiger partial charge in [0, 0.05) is 38.4 Å². The van der Waals surface area contributed by atoms with Gasteiger partial charge in [-0.1, -0.05) is 26.7 Å². The minimum atomic E-state index is -0.348. The van der Waals surface area contributed by atoms with Crippen LogP contribution in [0.4, 0.5) is 4.79 Å². The van der Waals surface area contributed by atoms with Crippen LogP contribution in [0.5, 0.6) is 0 Å². The van der Waals surface area contributed by atoms with E-state index in [9.17, 15) is 9.59 Å². The maximum Gasteiger partial charge on any atom is 0.410 e. The van der Waals surface area contributed by atoms with Crippen molar-refractivity contribution in [2.75, 3.05) is 26.2 Å². The second kappa shape index (κ2) is 6.17. The lowest BCUT2D eigenvalue weighted by Crippen LogP contribution is -2.49. The molecule has 2 saturated heterocycles. The minimum absolute atomic E-state index is 0.160. The second-order valence-corrected chi connectivity index (χ2v) is 9.31. The summed E-state index contributed by atoms with van der Waals surface area (Å²) in [5, 5.41) is 0. The lowest BCUT2D eigenvalue weighted by atomic mass is 9.90. The minimum Gasteiger partial charge on any atom is -0.441 e. The first-order valence-electron chi connectivity index (χ1n) is 10.2. The molecule has 0 N–H and O–H groups in total. The molecule has 2 amide bonds. The topological polar surface area (TPSA) is 49.9 Å². The molecule has 2 spiro atoms. The predicted octanol–water partition coefficient (Wildman–Crippen LogP) is 3.43. The summed E-state index contributed by atoms with van der Waals surface area (Å²) >= 11 is 0. The molecule has 140 valence electrons. The maximum absolute atomic E-state index is 12.8. The van der Waals surface area contributed by atoms with Gasteiger partial charge in [0.25, 0.3) is 0 Å². The van der Waals surface area contributed by atoms with Gasteiger partial charge >= 0.3 is 6.09 Å². The van der Waals surface area contributed by atoms with Crippen molar-refractivity contribution in [3.8, 4) is 0 Å². The van der Waals surface area contributed by atoms with Crippen molar-refractivity contribution < 1.29 is 14.3 Å². The highest BCUT2D eigenvalue weighted by molar-refractivity contribution is 5.83. The van der Waals surface area contributed by atoms with Gasteiger partial charge in [-0.3, -0.25) is 4.79 Å². The van der Waals surface area contributed by atoms with Crippen LogP contribution in [-0.2, 0) is 9.53 Å². The van der Waals surface area contributed by atoms with E-state index in [0.29, 0.717) is 23.8 Å². The van der Waals surface area contributed by atoms with Crippen molar-refractivity contribution in [1.82, 2.24) is 9.80 Å². The first-order valence-corrected chi connectivity index (χ1v) is 10.2. The first kappa shape index (κ1) is 17.2. The molecule has 4 aliphatic rings. The van der Waals surface area contributed by atoms with Crippen LogP contribution < -0.4 is 0 Å². The van der Waals surface area contributed by atoms with Gasteiger partial charge in [0.05, 0.1) is 6.54 Å². The third-order valence-electron chi connectivity index (χ3n) is 7.09. The van der Waals surface area contributed by atoms with E-state index in [1.165, 1.54) is 25.7 Å². The SMILES string of the molecule is CC(C)CCN1CC2(CCN(C(=O)[C@H]3CC34CCCC4)CC2)OC1=O. The normalized spacial score (nSPS) is 29.7.